The molecule has 0 aliphatic carbocycles. The topological polar surface area (TPSA) is 70.3 Å². The Hall–Kier alpha value is -3.65. The van der Waals surface area contributed by atoms with Crippen molar-refractivity contribution in [3.63, 3.8) is 0 Å². The highest BCUT2D eigenvalue weighted by atomic mass is 15.1. The van der Waals surface area contributed by atoms with Crippen LogP contribution in [0.5, 0.6) is 0 Å². The molecule has 1 atom stereocenters. The highest BCUT2D eigenvalue weighted by Gasteiger charge is 2.07. The second-order valence-electron chi connectivity index (χ2n) is 9.94. The Labute approximate surface area is 229 Å². The van der Waals surface area contributed by atoms with Gasteiger partial charge in [0.15, 0.2) is 0 Å². The van der Waals surface area contributed by atoms with Crippen LogP contribution < -0.4 is 0 Å². The van der Waals surface area contributed by atoms with Gasteiger partial charge in [-0.2, -0.15) is 5.26 Å². The van der Waals surface area contributed by atoms with E-state index in [2.05, 4.69) is 68.9 Å². The van der Waals surface area contributed by atoms with E-state index < -0.39 is 0 Å². The fourth-order valence-corrected chi connectivity index (χ4v) is 4.46. The van der Waals surface area contributed by atoms with Gasteiger partial charge in [-0.15, -0.1) is 0 Å². The SMILES string of the molecule is CCCCCCCCCCCc1ncc(C(C)C#N)[nH]1.c1ccc(Cn2ccnc2-c2ccccc2)cc1. The molecule has 38 heavy (non-hydrogen) atoms. The molecule has 0 fully saturated rings. The van der Waals surface area contributed by atoms with E-state index in [0.717, 1.165) is 35.9 Å². The van der Waals surface area contributed by atoms with Crippen molar-refractivity contribution in [3.05, 3.63) is 96.3 Å². The van der Waals surface area contributed by atoms with Gasteiger partial charge in [0.2, 0.25) is 0 Å². The van der Waals surface area contributed by atoms with E-state index in [0.29, 0.717) is 0 Å². The van der Waals surface area contributed by atoms with Crippen LogP contribution in [0.25, 0.3) is 11.4 Å². The molecule has 0 saturated carbocycles. The lowest BCUT2D eigenvalue weighted by Gasteiger charge is -2.07. The van der Waals surface area contributed by atoms with Gasteiger partial charge in [0, 0.05) is 37.1 Å². The van der Waals surface area contributed by atoms with Gasteiger partial charge in [-0.05, 0) is 18.9 Å². The molecule has 2 aromatic heterocycles. The smallest absolute Gasteiger partial charge is 0.140 e. The van der Waals surface area contributed by atoms with Crippen LogP contribution in [0.4, 0.5) is 0 Å². The third-order valence-electron chi connectivity index (χ3n) is 6.77. The van der Waals surface area contributed by atoms with Crippen LogP contribution in [0.2, 0.25) is 0 Å². The molecule has 0 saturated heterocycles. The molecule has 0 aliphatic heterocycles. The highest BCUT2D eigenvalue weighted by molar-refractivity contribution is 5.55. The summed E-state index contributed by atoms with van der Waals surface area (Å²) in [5.41, 5.74) is 3.38. The normalized spacial score (nSPS) is 11.4. The number of hydrogen-bond donors (Lipinski definition) is 1. The summed E-state index contributed by atoms with van der Waals surface area (Å²) in [6, 6.07) is 22.9. The Balaban J connectivity index is 0.000000211. The van der Waals surface area contributed by atoms with Crippen LogP contribution in [0, 0.1) is 11.3 Å². The Morgan fingerprint density at radius 2 is 1.47 bits per heavy atom. The van der Waals surface area contributed by atoms with Crippen molar-refractivity contribution in [1.29, 1.82) is 5.26 Å². The number of hydrogen-bond acceptors (Lipinski definition) is 3. The first-order valence-corrected chi connectivity index (χ1v) is 14.2. The maximum Gasteiger partial charge on any atom is 0.140 e. The average Bonchev–Trinajstić information content (AvgIpc) is 3.63. The number of imidazole rings is 2. The van der Waals surface area contributed by atoms with Crippen molar-refractivity contribution < 1.29 is 0 Å². The lowest BCUT2D eigenvalue weighted by molar-refractivity contribution is 0.562. The Morgan fingerprint density at radius 1 is 0.842 bits per heavy atom. The quantitative estimate of drug-likeness (QED) is 0.173. The van der Waals surface area contributed by atoms with Crippen LogP contribution in [-0.4, -0.2) is 19.5 Å². The van der Waals surface area contributed by atoms with E-state index in [1.54, 1.807) is 6.20 Å². The number of unbranched alkanes of at least 4 members (excludes halogenated alkanes) is 8. The van der Waals surface area contributed by atoms with Gasteiger partial charge in [-0.25, -0.2) is 9.97 Å². The number of benzene rings is 2. The summed E-state index contributed by atoms with van der Waals surface area (Å²) in [5, 5.41) is 8.85. The molecule has 0 aliphatic rings. The molecule has 2 heterocycles. The molecule has 0 radical (unpaired) electrons. The van der Waals surface area contributed by atoms with Gasteiger partial charge in [0.1, 0.15) is 11.6 Å². The Kier molecular flexibility index (Phi) is 12.9. The monoisotopic (exact) mass is 509 g/mol. The Morgan fingerprint density at radius 3 is 2.13 bits per heavy atom. The van der Waals surface area contributed by atoms with Crippen molar-refractivity contribution in [2.75, 3.05) is 0 Å². The van der Waals surface area contributed by atoms with Crippen molar-refractivity contribution in [2.45, 2.75) is 90.5 Å². The van der Waals surface area contributed by atoms with E-state index in [-0.39, 0.29) is 5.92 Å². The third kappa shape index (κ3) is 10.0. The molecule has 5 nitrogen and oxygen atoms in total. The summed E-state index contributed by atoms with van der Waals surface area (Å²) in [6.45, 7) is 5.01. The van der Waals surface area contributed by atoms with E-state index in [1.165, 1.54) is 63.4 Å². The molecule has 4 rings (SSSR count). The number of nitrogens with zero attached hydrogens (tertiary/aromatic N) is 4. The van der Waals surface area contributed by atoms with Crippen molar-refractivity contribution in [1.82, 2.24) is 19.5 Å². The number of nitrogens with one attached hydrogen (secondary N) is 1. The molecule has 1 N–H and O–H groups in total. The second-order valence-corrected chi connectivity index (χ2v) is 9.94. The first-order chi connectivity index (χ1) is 18.7. The number of nitriles is 1. The molecule has 5 heteroatoms. The van der Waals surface area contributed by atoms with Crippen LogP contribution in [0.3, 0.4) is 0 Å². The van der Waals surface area contributed by atoms with Crippen molar-refractivity contribution >= 4 is 0 Å². The zero-order chi connectivity index (χ0) is 26.8. The predicted octanol–water partition coefficient (Wildman–Crippen LogP) is 8.71. The molecule has 200 valence electrons. The van der Waals surface area contributed by atoms with E-state index in [9.17, 15) is 0 Å². The van der Waals surface area contributed by atoms with E-state index in [1.807, 2.05) is 43.6 Å². The molecule has 4 aromatic rings. The number of aryl methyl sites for hydroxylation is 1. The first kappa shape index (κ1) is 28.9. The minimum absolute atomic E-state index is 0.0839. The first-order valence-electron chi connectivity index (χ1n) is 14.2. The number of rotatable bonds is 14. The summed E-state index contributed by atoms with van der Waals surface area (Å²) in [6.07, 6.45) is 18.8. The second kappa shape index (κ2) is 17.0. The largest absolute Gasteiger partial charge is 0.345 e. The summed E-state index contributed by atoms with van der Waals surface area (Å²) in [4.78, 5) is 12.0. The lowest BCUT2D eigenvalue weighted by Crippen LogP contribution is -2.00. The van der Waals surface area contributed by atoms with Crippen molar-refractivity contribution in [2.24, 2.45) is 0 Å². The zero-order valence-electron chi connectivity index (χ0n) is 23.1. The molecular formula is C33H43N5. The minimum atomic E-state index is -0.0839. The average molecular weight is 510 g/mol. The summed E-state index contributed by atoms with van der Waals surface area (Å²) in [5.74, 6) is 1.96. The summed E-state index contributed by atoms with van der Waals surface area (Å²) < 4.78 is 2.17. The van der Waals surface area contributed by atoms with E-state index >= 15 is 0 Å². The van der Waals surface area contributed by atoms with Crippen LogP contribution in [-0.2, 0) is 13.0 Å². The fourth-order valence-electron chi connectivity index (χ4n) is 4.46. The highest BCUT2D eigenvalue weighted by Crippen LogP contribution is 2.18. The maximum atomic E-state index is 8.85. The van der Waals surface area contributed by atoms with Gasteiger partial charge in [0.05, 0.1) is 17.7 Å². The fraction of sp³-hybridized carbons (Fsp3) is 0.424. The standard InChI is InChI=1S/C17H29N3.C16H14N2/c1-3-4-5-6-7-8-9-10-11-12-17-19-14-16(20-17)15(2)13-18;1-3-7-14(8-4-1)13-18-12-11-17-16(18)15-9-5-2-6-10-15/h14-15H,3-12H2,1-2H3,(H,19,20);1-12H,13H2. The van der Waals surface area contributed by atoms with Gasteiger partial charge in [-0.3, -0.25) is 0 Å². The molecule has 0 spiro atoms. The van der Waals surface area contributed by atoms with Crippen LogP contribution >= 0.6 is 0 Å². The molecular weight excluding hydrogens is 466 g/mol. The van der Waals surface area contributed by atoms with Crippen LogP contribution in [0.15, 0.2) is 79.3 Å². The van der Waals surface area contributed by atoms with Gasteiger partial charge < -0.3 is 9.55 Å². The molecule has 1 unspecified atom stereocenters. The number of aromatic amines is 1. The number of aromatic nitrogens is 4. The van der Waals surface area contributed by atoms with Gasteiger partial charge in [-0.1, -0.05) is 119 Å². The van der Waals surface area contributed by atoms with E-state index in [4.69, 9.17) is 5.26 Å². The molecule has 0 bridgehead atoms. The maximum absolute atomic E-state index is 8.85. The van der Waals surface area contributed by atoms with Crippen LogP contribution in [0.1, 0.15) is 94.6 Å². The molecule has 2 aromatic carbocycles. The third-order valence-corrected chi connectivity index (χ3v) is 6.77. The minimum Gasteiger partial charge on any atom is -0.345 e. The summed E-state index contributed by atoms with van der Waals surface area (Å²) in [7, 11) is 0. The number of H-pyrrole nitrogens is 1. The van der Waals surface area contributed by atoms with Gasteiger partial charge >= 0.3 is 0 Å². The lowest BCUT2D eigenvalue weighted by atomic mass is 10.1. The predicted molar refractivity (Wildman–Crippen MR) is 157 cm³/mol. The van der Waals surface area contributed by atoms with Crippen molar-refractivity contribution in [3.8, 4) is 17.5 Å². The zero-order valence-corrected chi connectivity index (χ0v) is 23.1. The molecule has 0 amide bonds. The Bertz CT molecular complexity index is 1190. The summed E-state index contributed by atoms with van der Waals surface area (Å²) >= 11 is 0. The van der Waals surface area contributed by atoms with Gasteiger partial charge in [0.25, 0.3) is 0 Å².